The van der Waals surface area contributed by atoms with Crippen LogP contribution in [-0.2, 0) is 22.6 Å². The predicted molar refractivity (Wildman–Crippen MR) is 123 cm³/mol. The zero-order valence-corrected chi connectivity index (χ0v) is 18.6. The molecule has 0 bridgehead atoms. The van der Waals surface area contributed by atoms with Gasteiger partial charge in [0.25, 0.3) is 0 Å². The molecule has 5 rings (SSSR count). The molecular weight excluding hydrogens is 459 g/mol. The molecule has 0 unspecified atom stereocenters. The number of hydrogen-bond acceptors (Lipinski definition) is 4. The van der Waals surface area contributed by atoms with Crippen molar-refractivity contribution < 1.29 is 22.8 Å². The van der Waals surface area contributed by atoms with Crippen molar-refractivity contribution in [2.45, 2.75) is 38.0 Å². The van der Waals surface area contributed by atoms with Crippen molar-refractivity contribution in [3.8, 4) is 11.1 Å². The zero-order valence-electron chi connectivity index (χ0n) is 18.6. The zero-order chi connectivity index (χ0) is 24.6. The molecule has 1 aliphatic carbocycles. The summed E-state index contributed by atoms with van der Waals surface area (Å²) in [5.74, 6) is -2.25. The van der Waals surface area contributed by atoms with Gasteiger partial charge in [0.2, 0.25) is 5.91 Å². The Balaban J connectivity index is 1.28. The number of halogens is 3. The van der Waals surface area contributed by atoms with Gasteiger partial charge in [-0.1, -0.05) is 6.07 Å². The maximum Gasteiger partial charge on any atom is 0.471 e. The number of pyridine rings is 1. The standard InChI is InChI=1S/C25H22F3N5O2/c26-25(27,28)24(35)32-10-8-16-1-3-20(11-18(16)14-32)31-23(34)6-2-17-12-29-9-7-22(17)19-13-30-33(15-19)21-4-5-21/h1-3,6-7,9,11-13,15,21H,4-5,8,10,14H2,(H,31,34). The average molecular weight is 481 g/mol. The number of nitrogens with one attached hydrogen (secondary N) is 1. The summed E-state index contributed by atoms with van der Waals surface area (Å²) in [4.78, 5) is 29.1. The summed E-state index contributed by atoms with van der Waals surface area (Å²) < 4.78 is 40.3. The first-order chi connectivity index (χ1) is 16.8. The van der Waals surface area contributed by atoms with Crippen LogP contribution in [0.5, 0.6) is 0 Å². The monoisotopic (exact) mass is 481 g/mol. The Morgan fingerprint density at radius 1 is 1.11 bits per heavy atom. The Morgan fingerprint density at radius 2 is 1.94 bits per heavy atom. The predicted octanol–water partition coefficient (Wildman–Crippen LogP) is 4.38. The number of carbonyl (C=O) groups is 2. The van der Waals surface area contributed by atoms with Crippen LogP contribution in [0.25, 0.3) is 17.2 Å². The van der Waals surface area contributed by atoms with Crippen LogP contribution in [0.2, 0.25) is 0 Å². The second-order valence-electron chi connectivity index (χ2n) is 8.68. The Labute approximate surface area is 199 Å². The number of carbonyl (C=O) groups excluding carboxylic acids is 2. The smallest absolute Gasteiger partial charge is 0.330 e. The molecule has 2 aromatic heterocycles. The highest BCUT2D eigenvalue weighted by molar-refractivity contribution is 6.02. The van der Waals surface area contributed by atoms with Crippen molar-refractivity contribution in [3.05, 3.63) is 71.8 Å². The van der Waals surface area contributed by atoms with Gasteiger partial charge in [0.1, 0.15) is 0 Å². The van der Waals surface area contributed by atoms with Gasteiger partial charge in [-0.2, -0.15) is 18.3 Å². The molecule has 0 atom stereocenters. The van der Waals surface area contributed by atoms with Crippen LogP contribution in [0.4, 0.5) is 18.9 Å². The number of benzene rings is 1. The molecule has 2 amide bonds. The maximum atomic E-state index is 12.8. The minimum Gasteiger partial charge on any atom is -0.330 e. The van der Waals surface area contributed by atoms with Gasteiger partial charge < -0.3 is 10.2 Å². The van der Waals surface area contributed by atoms with E-state index >= 15 is 0 Å². The van der Waals surface area contributed by atoms with Crippen molar-refractivity contribution >= 4 is 23.6 Å². The first-order valence-electron chi connectivity index (χ1n) is 11.2. The van der Waals surface area contributed by atoms with E-state index in [0.717, 1.165) is 40.0 Å². The highest BCUT2D eigenvalue weighted by Crippen LogP contribution is 2.35. The molecule has 1 fully saturated rings. The fourth-order valence-electron chi connectivity index (χ4n) is 4.16. The van der Waals surface area contributed by atoms with Crippen LogP contribution in [0, 0.1) is 0 Å². The lowest BCUT2D eigenvalue weighted by molar-refractivity contribution is -0.186. The van der Waals surface area contributed by atoms with Crippen molar-refractivity contribution in [1.82, 2.24) is 19.7 Å². The van der Waals surface area contributed by atoms with Crippen molar-refractivity contribution in [3.63, 3.8) is 0 Å². The Bertz CT molecular complexity index is 1310. The maximum absolute atomic E-state index is 12.8. The van der Waals surface area contributed by atoms with Gasteiger partial charge in [-0.25, -0.2) is 0 Å². The number of nitrogens with zero attached hydrogens (tertiary/aromatic N) is 4. The lowest BCUT2D eigenvalue weighted by Gasteiger charge is -2.29. The molecule has 1 aliphatic heterocycles. The van der Waals surface area contributed by atoms with E-state index in [1.165, 1.54) is 6.08 Å². The molecule has 1 saturated carbocycles. The molecule has 0 spiro atoms. The number of hydrogen-bond donors (Lipinski definition) is 1. The highest BCUT2D eigenvalue weighted by atomic mass is 19.4. The lowest BCUT2D eigenvalue weighted by atomic mass is 9.99. The summed E-state index contributed by atoms with van der Waals surface area (Å²) in [6.07, 6.45) is 7.85. The molecule has 10 heteroatoms. The minimum atomic E-state index is -4.91. The molecule has 3 aromatic rings. The second kappa shape index (κ2) is 9.01. The fourth-order valence-corrected chi connectivity index (χ4v) is 4.16. The molecule has 7 nitrogen and oxygen atoms in total. The Kier molecular flexibility index (Phi) is 5.88. The van der Waals surface area contributed by atoms with E-state index in [1.807, 2.05) is 16.9 Å². The minimum absolute atomic E-state index is 0.00674. The van der Waals surface area contributed by atoms with Gasteiger partial charge in [0.05, 0.1) is 12.2 Å². The van der Waals surface area contributed by atoms with Crippen molar-refractivity contribution in [2.24, 2.45) is 0 Å². The largest absolute Gasteiger partial charge is 0.471 e. The van der Waals surface area contributed by atoms with Gasteiger partial charge in [-0.15, -0.1) is 0 Å². The Morgan fingerprint density at radius 3 is 2.71 bits per heavy atom. The Hall–Kier alpha value is -3.95. The van der Waals surface area contributed by atoms with Crippen molar-refractivity contribution in [2.75, 3.05) is 11.9 Å². The van der Waals surface area contributed by atoms with Crippen LogP contribution in [0.3, 0.4) is 0 Å². The first kappa shape index (κ1) is 22.8. The normalized spacial score (nSPS) is 15.8. The summed E-state index contributed by atoms with van der Waals surface area (Å²) in [5.41, 5.74) is 4.47. The van der Waals surface area contributed by atoms with Gasteiger partial charge in [0, 0.05) is 54.6 Å². The highest BCUT2D eigenvalue weighted by Gasteiger charge is 2.43. The van der Waals surface area contributed by atoms with Crippen LogP contribution in [0.15, 0.2) is 55.1 Å². The summed E-state index contributed by atoms with van der Waals surface area (Å²) in [6.45, 7) is -0.145. The second-order valence-corrected chi connectivity index (χ2v) is 8.68. The molecule has 0 radical (unpaired) electrons. The van der Waals surface area contributed by atoms with Gasteiger partial charge in [0.15, 0.2) is 0 Å². The third-order valence-electron chi connectivity index (χ3n) is 6.12. The van der Waals surface area contributed by atoms with E-state index < -0.39 is 18.0 Å². The van der Waals surface area contributed by atoms with Crippen LogP contribution in [-0.4, -0.2) is 44.2 Å². The van der Waals surface area contributed by atoms with E-state index in [4.69, 9.17) is 0 Å². The van der Waals surface area contributed by atoms with E-state index in [9.17, 15) is 22.8 Å². The number of fused-ring (bicyclic) bond motifs is 1. The molecule has 1 aromatic carbocycles. The van der Waals surface area contributed by atoms with Gasteiger partial charge >= 0.3 is 12.1 Å². The van der Waals surface area contributed by atoms with E-state index in [-0.39, 0.29) is 13.1 Å². The number of rotatable bonds is 5. The van der Waals surface area contributed by atoms with Crippen LogP contribution >= 0.6 is 0 Å². The van der Waals surface area contributed by atoms with E-state index in [2.05, 4.69) is 15.4 Å². The molecule has 35 heavy (non-hydrogen) atoms. The number of anilines is 1. The molecule has 3 heterocycles. The van der Waals surface area contributed by atoms with E-state index in [1.54, 1.807) is 42.9 Å². The van der Waals surface area contributed by atoms with Crippen molar-refractivity contribution in [1.29, 1.82) is 0 Å². The van der Waals surface area contributed by atoms with Gasteiger partial charge in [-0.3, -0.25) is 19.3 Å². The van der Waals surface area contributed by atoms with Gasteiger partial charge in [-0.05, 0) is 60.2 Å². The number of amides is 2. The molecule has 2 aliphatic rings. The molecule has 0 saturated heterocycles. The van der Waals surface area contributed by atoms with E-state index in [0.29, 0.717) is 23.7 Å². The fraction of sp³-hybridized carbons (Fsp3) is 0.280. The lowest BCUT2D eigenvalue weighted by Crippen LogP contribution is -2.43. The number of aromatic nitrogens is 3. The average Bonchev–Trinajstić information content (AvgIpc) is 3.58. The quantitative estimate of drug-likeness (QED) is 0.549. The first-order valence-corrected chi connectivity index (χ1v) is 11.2. The van der Waals surface area contributed by atoms with Crippen LogP contribution in [0.1, 0.15) is 35.6 Å². The number of alkyl halides is 3. The summed E-state index contributed by atoms with van der Waals surface area (Å²) >= 11 is 0. The van der Waals surface area contributed by atoms with Crippen LogP contribution < -0.4 is 5.32 Å². The summed E-state index contributed by atoms with van der Waals surface area (Å²) in [5, 5.41) is 7.15. The SMILES string of the molecule is O=C(C=Cc1cnccc1-c1cnn(C2CC2)c1)Nc1ccc2c(c1)CN(C(=O)C(F)(F)F)CC2. The summed E-state index contributed by atoms with van der Waals surface area (Å²) in [6, 6.07) is 7.40. The third-order valence-corrected chi connectivity index (χ3v) is 6.12. The topological polar surface area (TPSA) is 80.1 Å². The summed E-state index contributed by atoms with van der Waals surface area (Å²) in [7, 11) is 0. The molecule has 180 valence electrons. The third kappa shape index (κ3) is 5.11. The molecular formula is C25H22F3N5O2. The molecule has 1 N–H and O–H groups in total.